The number of hydrogen-bond donors (Lipinski definition) is 4. The fraction of sp³-hybridized carbons (Fsp3) is 0.650. The van der Waals surface area contributed by atoms with Crippen LogP contribution in [0.15, 0.2) is 24.3 Å². The zero-order chi connectivity index (χ0) is 38.4. The number of hydrogen-bond acceptors (Lipinski definition) is 7. The number of ether oxygens (including phenoxy) is 1. The smallest absolute Gasteiger partial charge is 0.329 e. The molecule has 1 aromatic rings. The molecule has 1 aliphatic rings. The van der Waals surface area contributed by atoms with Gasteiger partial charge in [-0.25, -0.2) is 9.59 Å². The van der Waals surface area contributed by atoms with Gasteiger partial charge in [-0.05, 0) is 86.8 Å². The Morgan fingerprint density at radius 2 is 1.51 bits per heavy atom. The van der Waals surface area contributed by atoms with E-state index in [0.29, 0.717) is 38.6 Å². The molecule has 0 spiro atoms. The normalized spacial score (nSPS) is 14.7. The van der Waals surface area contributed by atoms with Gasteiger partial charge in [-0.2, -0.15) is 0 Å². The molecule has 51 heavy (non-hydrogen) atoms. The number of fused-ring (bicyclic) bond motifs is 1. The molecular formula is C40H62N4O7. The van der Waals surface area contributed by atoms with Crippen molar-refractivity contribution >= 4 is 42.0 Å². The Bertz CT molecular complexity index is 1400. The average Bonchev–Trinajstić information content (AvgIpc) is 2.99. The maximum absolute atomic E-state index is 13.3. The number of ketones is 2. The summed E-state index contributed by atoms with van der Waals surface area (Å²) >= 11 is 0. The van der Waals surface area contributed by atoms with Gasteiger partial charge in [0.15, 0.2) is 5.78 Å². The summed E-state index contributed by atoms with van der Waals surface area (Å²) in [5.41, 5.74) is 2.03. The number of rotatable bonds is 19. The van der Waals surface area contributed by atoms with E-state index in [9.17, 15) is 28.8 Å². The van der Waals surface area contributed by atoms with Crippen LogP contribution in [-0.2, 0) is 41.6 Å². The minimum absolute atomic E-state index is 0.0151. The van der Waals surface area contributed by atoms with Gasteiger partial charge in [-0.3, -0.25) is 19.2 Å². The van der Waals surface area contributed by atoms with Crippen molar-refractivity contribution in [3.8, 4) is 0 Å². The van der Waals surface area contributed by atoms with E-state index in [1.165, 1.54) is 5.56 Å². The number of nitrogens with one attached hydrogen (secondary N) is 4. The minimum Gasteiger partial charge on any atom is -0.458 e. The maximum atomic E-state index is 13.3. The summed E-state index contributed by atoms with van der Waals surface area (Å²) in [6.45, 7) is 17.2. The first-order chi connectivity index (χ1) is 23.7. The van der Waals surface area contributed by atoms with Crippen LogP contribution in [0.1, 0.15) is 130 Å². The van der Waals surface area contributed by atoms with Gasteiger partial charge in [-0.15, -0.1) is 0 Å². The zero-order valence-electron chi connectivity index (χ0n) is 32.3. The number of amides is 4. The first-order valence-corrected chi connectivity index (χ1v) is 18.3. The Morgan fingerprint density at radius 1 is 0.843 bits per heavy atom. The van der Waals surface area contributed by atoms with Crippen LogP contribution >= 0.6 is 0 Å². The van der Waals surface area contributed by atoms with Crippen molar-refractivity contribution in [1.29, 1.82) is 0 Å². The van der Waals surface area contributed by atoms with Gasteiger partial charge in [0.1, 0.15) is 23.5 Å². The molecule has 1 unspecified atom stereocenters. The number of urea groups is 1. The quantitative estimate of drug-likeness (QED) is 0.0807. The molecule has 4 N–H and O–H groups in total. The van der Waals surface area contributed by atoms with E-state index in [4.69, 9.17) is 4.74 Å². The molecule has 0 heterocycles. The zero-order valence-corrected chi connectivity index (χ0v) is 32.3. The molecule has 0 saturated heterocycles. The molecule has 11 heteroatoms. The van der Waals surface area contributed by atoms with Crippen molar-refractivity contribution in [2.75, 3.05) is 6.54 Å². The Kier molecular flexibility index (Phi) is 16.5. The number of carbonyl (C=O) groups excluding carboxylic acids is 6. The minimum atomic E-state index is -1.01. The van der Waals surface area contributed by atoms with E-state index in [-0.39, 0.29) is 54.0 Å². The number of Topliss-reactive ketones (excluding diaryl/α,β-unsaturated/α-hetero) is 2. The lowest BCUT2D eigenvalue weighted by Gasteiger charge is -2.26. The van der Waals surface area contributed by atoms with Crippen molar-refractivity contribution in [2.45, 2.75) is 150 Å². The van der Waals surface area contributed by atoms with Crippen molar-refractivity contribution in [3.05, 3.63) is 41.0 Å². The lowest BCUT2D eigenvalue weighted by molar-refractivity contribution is -0.157. The van der Waals surface area contributed by atoms with Gasteiger partial charge < -0.3 is 26.0 Å². The van der Waals surface area contributed by atoms with E-state index < -0.39 is 35.7 Å². The number of esters is 1. The third kappa shape index (κ3) is 17.7. The fourth-order valence-electron chi connectivity index (χ4n) is 5.88. The van der Waals surface area contributed by atoms with E-state index in [2.05, 4.69) is 39.5 Å². The molecule has 1 aliphatic carbocycles. The third-order valence-electron chi connectivity index (χ3n) is 8.17. The number of aryl methyl sites for hydroxylation is 1. The largest absolute Gasteiger partial charge is 0.458 e. The van der Waals surface area contributed by atoms with E-state index in [1.54, 1.807) is 20.8 Å². The highest BCUT2D eigenvalue weighted by Gasteiger charge is 2.30. The molecule has 284 valence electrons. The molecule has 3 atom stereocenters. The predicted octanol–water partition coefficient (Wildman–Crippen LogP) is 5.76. The van der Waals surface area contributed by atoms with Crippen LogP contribution in [0.4, 0.5) is 4.79 Å². The second-order valence-corrected chi connectivity index (χ2v) is 17.1. The van der Waals surface area contributed by atoms with Crippen molar-refractivity contribution in [1.82, 2.24) is 21.3 Å². The van der Waals surface area contributed by atoms with Crippen molar-refractivity contribution in [3.63, 3.8) is 0 Å². The van der Waals surface area contributed by atoms with Crippen LogP contribution in [0.25, 0.3) is 6.08 Å². The first-order valence-electron chi connectivity index (χ1n) is 18.3. The summed E-state index contributed by atoms with van der Waals surface area (Å²) in [5.74, 6) is -1.10. The Hall–Kier alpha value is -4.02. The van der Waals surface area contributed by atoms with Crippen LogP contribution in [0.2, 0.25) is 0 Å². The highest BCUT2D eigenvalue weighted by Crippen LogP contribution is 2.24. The summed E-state index contributed by atoms with van der Waals surface area (Å²) in [7, 11) is 0. The molecule has 0 aromatic heterocycles. The Labute approximate surface area is 304 Å². The SMILES string of the molecule is CC(C)(C)CC(=O)CC[C@H](NC(=O)NC(CCCCNC(=O)[C@H](Cc1ccc2c(c1)C=CCC2)NC=O)C(=O)OC(C)(C)C)C(=O)CC(C)(C)C. The third-order valence-corrected chi connectivity index (χ3v) is 8.17. The van der Waals surface area contributed by atoms with E-state index >= 15 is 0 Å². The monoisotopic (exact) mass is 710 g/mol. The van der Waals surface area contributed by atoms with Gasteiger partial charge in [0, 0.05) is 32.2 Å². The average molecular weight is 711 g/mol. The molecule has 0 saturated carbocycles. The number of unbranched alkanes of at least 4 members (excludes halogenated alkanes) is 1. The van der Waals surface area contributed by atoms with Gasteiger partial charge in [0.05, 0.1) is 6.04 Å². The van der Waals surface area contributed by atoms with Crippen LogP contribution in [0.3, 0.4) is 0 Å². The standard InChI is InChI=1S/C40H62N4O7/c1-38(2,3)24-30(46)19-20-31(34(47)25-39(4,5)6)43-37(50)44-32(36(49)51-40(7,8)9)16-12-13-21-41-35(48)33(42-26-45)23-27-17-18-28-14-10-11-15-29(28)22-27/h11,15,17-18,22,26,31-33H,10,12-14,16,19-21,23-25H2,1-9H3,(H,41,48)(H,42,45)(H2,43,44,50)/t31-,32?,33-/m0/s1. The molecule has 2 rings (SSSR count). The number of allylic oxidation sites excluding steroid dienone is 1. The highest BCUT2D eigenvalue weighted by atomic mass is 16.6. The summed E-state index contributed by atoms with van der Waals surface area (Å²) in [6, 6.07) is 2.75. The summed E-state index contributed by atoms with van der Waals surface area (Å²) in [6.07, 6.45) is 9.12. The van der Waals surface area contributed by atoms with Gasteiger partial charge in [-0.1, -0.05) is 71.9 Å². The molecule has 1 aromatic carbocycles. The van der Waals surface area contributed by atoms with Crippen LogP contribution < -0.4 is 21.3 Å². The van der Waals surface area contributed by atoms with Crippen molar-refractivity contribution in [2.24, 2.45) is 10.8 Å². The molecule has 0 bridgehead atoms. The first kappa shape index (κ1) is 43.1. The van der Waals surface area contributed by atoms with Crippen LogP contribution in [0.5, 0.6) is 0 Å². The second kappa shape index (κ2) is 19.6. The Balaban J connectivity index is 2.01. The molecular weight excluding hydrogens is 648 g/mol. The summed E-state index contributed by atoms with van der Waals surface area (Å²) in [5, 5.41) is 10.9. The summed E-state index contributed by atoms with van der Waals surface area (Å²) < 4.78 is 5.58. The van der Waals surface area contributed by atoms with E-state index in [0.717, 1.165) is 24.0 Å². The molecule has 0 aliphatic heterocycles. The molecule has 4 amide bonds. The topological polar surface area (TPSA) is 160 Å². The van der Waals surface area contributed by atoms with Crippen molar-refractivity contribution < 1.29 is 33.5 Å². The fourth-order valence-corrected chi connectivity index (χ4v) is 5.88. The number of benzene rings is 1. The second-order valence-electron chi connectivity index (χ2n) is 17.1. The van der Waals surface area contributed by atoms with Crippen LogP contribution in [-0.4, -0.2) is 66.2 Å². The number of carbonyl (C=O) groups is 6. The lowest BCUT2D eigenvalue weighted by atomic mass is 9.85. The maximum Gasteiger partial charge on any atom is 0.329 e. The highest BCUT2D eigenvalue weighted by molar-refractivity contribution is 5.91. The Morgan fingerprint density at radius 3 is 2.14 bits per heavy atom. The van der Waals surface area contributed by atoms with E-state index in [1.807, 2.05) is 53.7 Å². The van der Waals surface area contributed by atoms with Gasteiger partial charge in [0.25, 0.3) is 0 Å². The lowest BCUT2D eigenvalue weighted by Crippen LogP contribution is -2.52. The van der Waals surface area contributed by atoms with Gasteiger partial charge >= 0.3 is 12.0 Å². The molecule has 11 nitrogen and oxygen atoms in total. The summed E-state index contributed by atoms with van der Waals surface area (Å²) in [4.78, 5) is 76.6. The molecule has 0 fully saturated rings. The van der Waals surface area contributed by atoms with Crippen LogP contribution in [0, 0.1) is 10.8 Å². The predicted molar refractivity (Wildman–Crippen MR) is 200 cm³/mol. The van der Waals surface area contributed by atoms with Gasteiger partial charge in [0.2, 0.25) is 12.3 Å². The molecule has 0 radical (unpaired) electrons.